The van der Waals surface area contributed by atoms with Gasteiger partial charge in [-0.3, -0.25) is 4.79 Å². The molecular weight excluding hydrogens is 362 g/mol. The highest BCUT2D eigenvalue weighted by molar-refractivity contribution is 6.03. The number of rotatable bonds is 4. The third-order valence-corrected chi connectivity index (χ3v) is 5.88. The first-order valence-electron chi connectivity index (χ1n) is 10.9. The van der Waals surface area contributed by atoms with E-state index in [1.54, 1.807) is 0 Å². The molecule has 1 amide bonds. The van der Waals surface area contributed by atoms with E-state index in [4.69, 9.17) is 0 Å². The summed E-state index contributed by atoms with van der Waals surface area (Å²) in [6.07, 6.45) is 6.24. The van der Waals surface area contributed by atoms with Crippen LogP contribution in [0.1, 0.15) is 55.3 Å². The van der Waals surface area contributed by atoms with Crippen molar-refractivity contribution < 1.29 is 4.79 Å². The maximum atomic E-state index is 12.8. The van der Waals surface area contributed by atoms with Crippen molar-refractivity contribution in [3.8, 4) is 0 Å². The van der Waals surface area contributed by atoms with Gasteiger partial charge in [0, 0.05) is 43.6 Å². The maximum absolute atomic E-state index is 12.8. The number of amides is 1. The summed E-state index contributed by atoms with van der Waals surface area (Å²) in [7, 11) is 0. The van der Waals surface area contributed by atoms with Gasteiger partial charge in [0.25, 0.3) is 5.91 Å². The summed E-state index contributed by atoms with van der Waals surface area (Å²) < 4.78 is 0. The number of piperidine rings is 2. The van der Waals surface area contributed by atoms with Gasteiger partial charge in [-0.25, -0.2) is 9.97 Å². The summed E-state index contributed by atoms with van der Waals surface area (Å²) >= 11 is 0. The van der Waals surface area contributed by atoms with Crippen molar-refractivity contribution in [2.45, 2.75) is 46.0 Å². The Morgan fingerprint density at radius 1 is 1.00 bits per heavy atom. The summed E-state index contributed by atoms with van der Waals surface area (Å²) in [6, 6.07) is 9.95. The summed E-state index contributed by atoms with van der Waals surface area (Å²) in [5.74, 6) is 1.95. The molecule has 2 fully saturated rings. The Hall–Kier alpha value is -2.63. The van der Waals surface area contributed by atoms with Crippen LogP contribution in [0.5, 0.6) is 0 Å². The van der Waals surface area contributed by atoms with E-state index in [2.05, 4.69) is 44.1 Å². The molecule has 2 saturated heterocycles. The number of aromatic nitrogens is 2. The molecule has 2 aliphatic heterocycles. The summed E-state index contributed by atoms with van der Waals surface area (Å²) in [6.45, 7) is 8.31. The number of nitrogens with zero attached hydrogens (tertiary/aromatic N) is 4. The van der Waals surface area contributed by atoms with Crippen LogP contribution in [-0.2, 0) is 0 Å². The van der Waals surface area contributed by atoms with E-state index < -0.39 is 0 Å². The lowest BCUT2D eigenvalue weighted by Crippen LogP contribution is -2.35. The quantitative estimate of drug-likeness (QED) is 0.841. The van der Waals surface area contributed by atoms with Crippen molar-refractivity contribution in [3.05, 3.63) is 41.9 Å². The van der Waals surface area contributed by atoms with Crippen molar-refractivity contribution in [2.75, 3.05) is 41.3 Å². The van der Waals surface area contributed by atoms with Gasteiger partial charge in [0.15, 0.2) is 0 Å². The Morgan fingerprint density at radius 2 is 1.72 bits per heavy atom. The van der Waals surface area contributed by atoms with Gasteiger partial charge in [-0.2, -0.15) is 0 Å². The predicted molar refractivity (Wildman–Crippen MR) is 118 cm³/mol. The zero-order valence-corrected chi connectivity index (χ0v) is 17.5. The first-order valence-corrected chi connectivity index (χ1v) is 10.9. The fraction of sp³-hybridized carbons (Fsp3) is 0.522. The highest BCUT2D eigenvalue weighted by atomic mass is 16.1. The number of hydrogen-bond donors (Lipinski definition) is 1. The zero-order chi connectivity index (χ0) is 20.2. The van der Waals surface area contributed by atoms with Gasteiger partial charge in [-0.1, -0.05) is 6.92 Å². The number of anilines is 3. The topological polar surface area (TPSA) is 61.4 Å². The van der Waals surface area contributed by atoms with Gasteiger partial charge in [-0.05, 0) is 69.2 Å². The molecular formula is C23H31N5O. The molecule has 29 heavy (non-hydrogen) atoms. The molecule has 1 aromatic carbocycles. The molecule has 0 bridgehead atoms. The Bertz CT molecular complexity index is 845. The molecule has 2 aromatic rings. The molecule has 3 heterocycles. The number of hydrogen-bond acceptors (Lipinski definition) is 5. The molecule has 1 atom stereocenters. The lowest BCUT2D eigenvalue weighted by atomic mass is 10.0. The van der Waals surface area contributed by atoms with Crippen molar-refractivity contribution >= 4 is 23.1 Å². The highest BCUT2D eigenvalue weighted by Gasteiger charge is 2.20. The monoisotopic (exact) mass is 393 g/mol. The standard InChI is InChI=1S/C23H31N5O/c1-17-7-6-14-28(16-17)22-15-21(24-18(2)25-22)23(29)26-19-8-10-20(11-9-19)27-12-4-3-5-13-27/h8-11,15,17H,3-7,12-14,16H2,1-2H3,(H,26,29). The minimum Gasteiger partial charge on any atom is -0.372 e. The van der Waals surface area contributed by atoms with Gasteiger partial charge in [0.2, 0.25) is 0 Å². The van der Waals surface area contributed by atoms with Gasteiger partial charge < -0.3 is 15.1 Å². The van der Waals surface area contributed by atoms with Crippen LogP contribution >= 0.6 is 0 Å². The molecule has 4 rings (SSSR count). The molecule has 1 N–H and O–H groups in total. The Kier molecular flexibility index (Phi) is 5.97. The first-order chi connectivity index (χ1) is 14.1. The van der Waals surface area contributed by atoms with Crippen LogP contribution in [0, 0.1) is 12.8 Å². The smallest absolute Gasteiger partial charge is 0.274 e. The SMILES string of the molecule is Cc1nc(C(=O)Nc2ccc(N3CCCCC3)cc2)cc(N2CCCC(C)C2)n1. The fourth-order valence-corrected chi connectivity index (χ4v) is 4.33. The number of carbonyl (C=O) groups excluding carboxylic acids is 1. The zero-order valence-electron chi connectivity index (χ0n) is 17.5. The molecule has 0 radical (unpaired) electrons. The first kappa shape index (κ1) is 19.7. The van der Waals surface area contributed by atoms with E-state index >= 15 is 0 Å². The normalized spacial score (nSPS) is 19.9. The second-order valence-electron chi connectivity index (χ2n) is 8.40. The third-order valence-electron chi connectivity index (χ3n) is 5.88. The van der Waals surface area contributed by atoms with Gasteiger partial charge >= 0.3 is 0 Å². The van der Waals surface area contributed by atoms with Crippen LogP contribution in [0.25, 0.3) is 0 Å². The van der Waals surface area contributed by atoms with Crippen LogP contribution in [0.2, 0.25) is 0 Å². The minimum atomic E-state index is -0.187. The van der Waals surface area contributed by atoms with Crippen LogP contribution < -0.4 is 15.1 Å². The third kappa shape index (κ3) is 4.86. The van der Waals surface area contributed by atoms with E-state index in [0.717, 1.165) is 44.1 Å². The molecule has 0 aliphatic carbocycles. The Labute approximate surface area is 173 Å². The van der Waals surface area contributed by atoms with Gasteiger partial charge in [0.1, 0.15) is 17.3 Å². The molecule has 0 spiro atoms. The predicted octanol–water partition coefficient (Wildman–Crippen LogP) is 4.26. The summed E-state index contributed by atoms with van der Waals surface area (Å²) in [5.41, 5.74) is 2.44. The van der Waals surface area contributed by atoms with Crippen molar-refractivity contribution in [1.29, 1.82) is 0 Å². The summed E-state index contributed by atoms with van der Waals surface area (Å²) in [5, 5.41) is 2.99. The lowest BCUT2D eigenvalue weighted by Gasteiger charge is -2.32. The van der Waals surface area contributed by atoms with Gasteiger partial charge in [-0.15, -0.1) is 0 Å². The van der Waals surface area contributed by atoms with E-state index in [1.165, 1.54) is 31.4 Å². The Balaban J connectivity index is 1.45. The maximum Gasteiger partial charge on any atom is 0.274 e. The molecule has 6 nitrogen and oxygen atoms in total. The van der Waals surface area contributed by atoms with Crippen molar-refractivity contribution in [2.24, 2.45) is 5.92 Å². The van der Waals surface area contributed by atoms with E-state index in [9.17, 15) is 4.79 Å². The van der Waals surface area contributed by atoms with E-state index in [0.29, 0.717) is 17.4 Å². The molecule has 0 saturated carbocycles. The van der Waals surface area contributed by atoms with Crippen LogP contribution in [-0.4, -0.2) is 42.1 Å². The van der Waals surface area contributed by atoms with Crippen LogP contribution in [0.3, 0.4) is 0 Å². The van der Waals surface area contributed by atoms with Gasteiger partial charge in [0.05, 0.1) is 0 Å². The average molecular weight is 394 g/mol. The molecule has 2 aliphatic rings. The van der Waals surface area contributed by atoms with E-state index in [1.807, 2.05) is 25.1 Å². The average Bonchev–Trinajstić information content (AvgIpc) is 2.74. The number of benzene rings is 1. The minimum absolute atomic E-state index is 0.187. The molecule has 154 valence electrons. The second kappa shape index (κ2) is 8.80. The second-order valence-corrected chi connectivity index (χ2v) is 8.40. The van der Waals surface area contributed by atoms with E-state index in [-0.39, 0.29) is 5.91 Å². The van der Waals surface area contributed by atoms with Crippen molar-refractivity contribution in [3.63, 3.8) is 0 Å². The lowest BCUT2D eigenvalue weighted by molar-refractivity contribution is 0.102. The largest absolute Gasteiger partial charge is 0.372 e. The molecule has 1 unspecified atom stereocenters. The highest BCUT2D eigenvalue weighted by Crippen LogP contribution is 2.24. The number of nitrogens with one attached hydrogen (secondary N) is 1. The molecule has 6 heteroatoms. The van der Waals surface area contributed by atoms with Crippen molar-refractivity contribution in [1.82, 2.24) is 9.97 Å². The number of carbonyl (C=O) groups is 1. The van der Waals surface area contributed by atoms with Crippen LogP contribution in [0.4, 0.5) is 17.2 Å². The number of aryl methyl sites for hydroxylation is 1. The molecule has 1 aromatic heterocycles. The Morgan fingerprint density at radius 3 is 2.45 bits per heavy atom. The summed E-state index contributed by atoms with van der Waals surface area (Å²) in [4.78, 5) is 26.5. The van der Waals surface area contributed by atoms with Crippen LogP contribution in [0.15, 0.2) is 30.3 Å². The fourth-order valence-electron chi connectivity index (χ4n) is 4.33.